The number of rotatable bonds is 3. The Bertz CT molecular complexity index is 3540. The SMILES string of the molecule is FC(F)(F)c1ccc2c(c1)c1cc(-c3ccc4oc5ccccc5c4c3)ccc1n2-c1ccc2oc3ccc(-n4c5ccccc5c5ccccc54)cc3c2c1. The Balaban J connectivity index is 1.06. The van der Waals surface area contributed by atoms with E-state index in [-0.39, 0.29) is 0 Å². The third-order valence-electron chi connectivity index (χ3n) is 11.3. The maximum absolute atomic E-state index is 14.2. The Morgan fingerprint density at radius 3 is 1.38 bits per heavy atom. The summed E-state index contributed by atoms with van der Waals surface area (Å²) in [5.41, 5.74) is 9.78. The molecule has 56 heavy (non-hydrogen) atoms. The molecule has 0 spiro atoms. The molecule has 0 unspecified atom stereocenters. The van der Waals surface area contributed by atoms with Gasteiger partial charge in [0.05, 0.1) is 27.6 Å². The summed E-state index contributed by atoms with van der Waals surface area (Å²) >= 11 is 0. The van der Waals surface area contributed by atoms with E-state index in [1.54, 1.807) is 6.07 Å². The first-order valence-electron chi connectivity index (χ1n) is 18.4. The van der Waals surface area contributed by atoms with E-state index in [0.717, 1.165) is 88.3 Å². The molecule has 0 atom stereocenters. The first kappa shape index (κ1) is 31.1. The lowest BCUT2D eigenvalue weighted by Gasteiger charge is -2.10. The van der Waals surface area contributed by atoms with Crippen molar-refractivity contribution in [2.24, 2.45) is 0 Å². The molecule has 0 saturated heterocycles. The lowest BCUT2D eigenvalue weighted by molar-refractivity contribution is -0.137. The van der Waals surface area contributed by atoms with E-state index in [2.05, 4.69) is 81.9 Å². The Labute approximate surface area is 315 Å². The molecular formula is C49H27F3N2O2. The Morgan fingerprint density at radius 2 is 0.768 bits per heavy atom. The predicted octanol–water partition coefficient (Wildman–Crippen LogP) is 14.4. The van der Waals surface area contributed by atoms with Crippen LogP contribution in [-0.4, -0.2) is 9.13 Å². The number of hydrogen-bond donors (Lipinski definition) is 0. The van der Waals surface area contributed by atoms with Crippen molar-refractivity contribution in [3.05, 3.63) is 169 Å². The first-order valence-corrected chi connectivity index (χ1v) is 18.4. The zero-order chi connectivity index (χ0) is 37.3. The summed E-state index contributed by atoms with van der Waals surface area (Å²) in [6.07, 6.45) is -4.49. The molecule has 7 heteroatoms. The fourth-order valence-corrected chi connectivity index (χ4v) is 8.80. The van der Waals surface area contributed by atoms with Crippen molar-refractivity contribution in [1.82, 2.24) is 9.13 Å². The van der Waals surface area contributed by atoms with Gasteiger partial charge in [0.2, 0.25) is 0 Å². The Kier molecular flexibility index (Phi) is 6.20. The zero-order valence-electron chi connectivity index (χ0n) is 29.4. The van der Waals surface area contributed by atoms with Crippen molar-refractivity contribution in [3.8, 4) is 22.5 Å². The van der Waals surface area contributed by atoms with E-state index < -0.39 is 11.7 Å². The van der Waals surface area contributed by atoms with Gasteiger partial charge in [-0.15, -0.1) is 0 Å². The van der Waals surface area contributed by atoms with Crippen LogP contribution in [0.25, 0.3) is 110 Å². The van der Waals surface area contributed by atoms with Crippen molar-refractivity contribution in [1.29, 1.82) is 0 Å². The normalized spacial score (nSPS) is 12.6. The van der Waals surface area contributed by atoms with Gasteiger partial charge in [-0.25, -0.2) is 0 Å². The molecule has 266 valence electrons. The molecule has 0 aliphatic carbocycles. The number of benzene rings is 8. The van der Waals surface area contributed by atoms with Crippen LogP contribution in [-0.2, 0) is 6.18 Å². The summed E-state index contributed by atoms with van der Waals surface area (Å²) < 4.78 is 59.4. The van der Waals surface area contributed by atoms with Crippen LogP contribution in [0.15, 0.2) is 173 Å². The summed E-state index contributed by atoms with van der Waals surface area (Å²) in [6.45, 7) is 0. The van der Waals surface area contributed by atoms with Crippen LogP contribution >= 0.6 is 0 Å². The number of nitrogens with zero attached hydrogens (tertiary/aromatic N) is 2. The van der Waals surface area contributed by atoms with Gasteiger partial charge in [-0.2, -0.15) is 13.2 Å². The summed E-state index contributed by atoms with van der Waals surface area (Å²) in [5, 5.41) is 7.49. The third kappa shape index (κ3) is 4.42. The van der Waals surface area contributed by atoms with Crippen LogP contribution in [0.5, 0.6) is 0 Å². The summed E-state index contributed by atoms with van der Waals surface area (Å²) in [4.78, 5) is 0. The largest absolute Gasteiger partial charge is 0.456 e. The van der Waals surface area contributed by atoms with E-state index in [1.165, 1.54) is 22.9 Å². The molecule has 8 aromatic carbocycles. The monoisotopic (exact) mass is 732 g/mol. The molecule has 0 fully saturated rings. The Hall–Kier alpha value is -7.25. The predicted molar refractivity (Wildman–Crippen MR) is 220 cm³/mol. The van der Waals surface area contributed by atoms with Crippen LogP contribution in [0.1, 0.15) is 5.56 Å². The smallest absolute Gasteiger partial charge is 0.416 e. The molecule has 4 heterocycles. The van der Waals surface area contributed by atoms with Gasteiger partial charge in [0.1, 0.15) is 22.3 Å². The lowest BCUT2D eigenvalue weighted by Crippen LogP contribution is -2.04. The molecule has 0 aliphatic heterocycles. The van der Waals surface area contributed by atoms with Gasteiger partial charge < -0.3 is 18.0 Å². The van der Waals surface area contributed by atoms with Gasteiger partial charge in [-0.05, 0) is 108 Å². The fourth-order valence-electron chi connectivity index (χ4n) is 8.80. The summed E-state index contributed by atoms with van der Waals surface area (Å²) in [6, 6.07) is 53.1. The van der Waals surface area contributed by atoms with Crippen molar-refractivity contribution < 1.29 is 22.0 Å². The molecule has 12 rings (SSSR count). The average Bonchev–Trinajstić information content (AvgIpc) is 3.97. The topological polar surface area (TPSA) is 36.1 Å². The molecule has 4 aromatic heterocycles. The van der Waals surface area contributed by atoms with Gasteiger partial charge in [-0.1, -0.05) is 66.7 Å². The molecule has 12 aromatic rings. The van der Waals surface area contributed by atoms with Gasteiger partial charge in [0, 0.05) is 54.5 Å². The van der Waals surface area contributed by atoms with Gasteiger partial charge in [-0.3, -0.25) is 0 Å². The van der Waals surface area contributed by atoms with Crippen LogP contribution in [0.2, 0.25) is 0 Å². The summed E-state index contributed by atoms with van der Waals surface area (Å²) in [7, 11) is 0. The van der Waals surface area contributed by atoms with E-state index in [9.17, 15) is 13.2 Å². The highest BCUT2D eigenvalue weighted by atomic mass is 19.4. The third-order valence-corrected chi connectivity index (χ3v) is 11.3. The number of alkyl halides is 3. The standard InChI is InChI=1S/C49H27F3N2O2/c50-49(51,52)30-15-19-44-37(25-30)36-23-28(29-14-20-46-38(24-29)35-9-3-6-12-45(35)55-46)13-18-43(36)54(44)32-17-22-48-40(27-32)39-26-31(16-21-47(39)56-48)53-41-10-4-1-7-33(41)34-8-2-5-11-42(34)53/h1-27H. The minimum Gasteiger partial charge on any atom is -0.456 e. The van der Waals surface area contributed by atoms with Gasteiger partial charge in [0.15, 0.2) is 0 Å². The molecule has 0 bridgehead atoms. The number of hydrogen-bond acceptors (Lipinski definition) is 2. The Morgan fingerprint density at radius 1 is 0.339 bits per heavy atom. The van der Waals surface area contributed by atoms with E-state index >= 15 is 0 Å². The maximum atomic E-state index is 14.2. The van der Waals surface area contributed by atoms with Crippen molar-refractivity contribution >= 4 is 87.5 Å². The second-order valence-corrected chi connectivity index (χ2v) is 14.4. The number of para-hydroxylation sites is 3. The van der Waals surface area contributed by atoms with E-state index in [0.29, 0.717) is 10.9 Å². The highest BCUT2D eigenvalue weighted by molar-refractivity contribution is 6.13. The highest BCUT2D eigenvalue weighted by Gasteiger charge is 2.31. The zero-order valence-corrected chi connectivity index (χ0v) is 29.4. The highest BCUT2D eigenvalue weighted by Crippen LogP contribution is 2.42. The molecular weight excluding hydrogens is 706 g/mol. The second-order valence-electron chi connectivity index (χ2n) is 14.4. The number of halogens is 3. The number of fused-ring (bicyclic) bond motifs is 12. The van der Waals surface area contributed by atoms with Crippen molar-refractivity contribution in [3.63, 3.8) is 0 Å². The molecule has 0 radical (unpaired) electrons. The van der Waals surface area contributed by atoms with Crippen LogP contribution < -0.4 is 0 Å². The van der Waals surface area contributed by atoms with Gasteiger partial charge >= 0.3 is 6.18 Å². The lowest BCUT2D eigenvalue weighted by atomic mass is 10.00. The molecule has 0 aliphatic rings. The molecule has 0 N–H and O–H groups in total. The first-order chi connectivity index (χ1) is 27.4. The summed E-state index contributed by atoms with van der Waals surface area (Å²) in [5.74, 6) is 0. The molecule has 0 saturated carbocycles. The number of aromatic nitrogens is 2. The van der Waals surface area contributed by atoms with Crippen LogP contribution in [0, 0.1) is 0 Å². The van der Waals surface area contributed by atoms with Crippen LogP contribution in [0.3, 0.4) is 0 Å². The van der Waals surface area contributed by atoms with E-state index in [1.807, 2.05) is 72.8 Å². The second kappa shape index (κ2) is 11.1. The fraction of sp³-hybridized carbons (Fsp3) is 0.0204. The maximum Gasteiger partial charge on any atom is 0.416 e. The average molecular weight is 733 g/mol. The quantitative estimate of drug-likeness (QED) is 0.181. The van der Waals surface area contributed by atoms with E-state index in [4.69, 9.17) is 8.83 Å². The van der Waals surface area contributed by atoms with Crippen molar-refractivity contribution in [2.75, 3.05) is 0 Å². The number of furan rings is 2. The minimum absolute atomic E-state index is 0.525. The minimum atomic E-state index is -4.49. The van der Waals surface area contributed by atoms with Crippen LogP contribution in [0.4, 0.5) is 13.2 Å². The van der Waals surface area contributed by atoms with Gasteiger partial charge in [0.25, 0.3) is 0 Å². The molecule has 4 nitrogen and oxygen atoms in total. The van der Waals surface area contributed by atoms with Crippen molar-refractivity contribution in [2.45, 2.75) is 6.18 Å². The molecule has 0 amide bonds.